The largest absolute Gasteiger partial charge is 0.469 e. The molecule has 0 saturated carbocycles. The molecule has 0 aliphatic carbocycles. The number of ether oxygens (including phenoxy) is 2. The van der Waals surface area contributed by atoms with E-state index >= 15 is 0 Å². The first kappa shape index (κ1) is 26.1. The van der Waals surface area contributed by atoms with Crippen LogP contribution >= 0.6 is 0 Å². The quantitative estimate of drug-likeness (QED) is 0.109. The molecule has 5 heteroatoms. The highest BCUT2D eigenvalue weighted by molar-refractivity contribution is 5.70. The fourth-order valence-electron chi connectivity index (χ4n) is 3.70. The lowest BCUT2D eigenvalue weighted by molar-refractivity contribution is -0.428. The summed E-state index contributed by atoms with van der Waals surface area (Å²) < 4.78 is 10.2. The molecule has 29 heavy (non-hydrogen) atoms. The van der Waals surface area contributed by atoms with Crippen molar-refractivity contribution in [3.05, 3.63) is 12.2 Å². The van der Waals surface area contributed by atoms with Crippen LogP contribution in [-0.2, 0) is 24.0 Å². The zero-order valence-corrected chi connectivity index (χ0v) is 19.1. The summed E-state index contributed by atoms with van der Waals surface area (Å²) in [6.45, 7) is 2.27. The molecule has 0 spiro atoms. The van der Waals surface area contributed by atoms with Crippen LogP contribution in [0, 0.1) is 0 Å². The Labute approximate surface area is 178 Å². The molecule has 0 saturated heterocycles. The zero-order chi connectivity index (χ0) is 21.2. The van der Waals surface area contributed by atoms with Crippen LogP contribution in [0.3, 0.4) is 0 Å². The standard InChI is InChI=1S/C24H44O5/c1-4-5-6-7-8-9-10-11-12-13-14-15-16-17-19-24(27-3)20-18-22(28-29-24)21-23(25)26-2/h18,20,22H,4-17,19,21H2,1-3H3/t22-,24+/m0/s1. The van der Waals surface area contributed by atoms with Crippen molar-refractivity contribution >= 4 is 5.97 Å². The monoisotopic (exact) mass is 412 g/mol. The van der Waals surface area contributed by atoms with Gasteiger partial charge in [0.15, 0.2) is 0 Å². The average Bonchev–Trinajstić information content (AvgIpc) is 2.75. The Morgan fingerprint density at radius 2 is 1.38 bits per heavy atom. The van der Waals surface area contributed by atoms with E-state index in [0.717, 1.165) is 12.8 Å². The summed E-state index contributed by atoms with van der Waals surface area (Å²) in [4.78, 5) is 22.1. The third kappa shape index (κ3) is 12.4. The van der Waals surface area contributed by atoms with E-state index in [9.17, 15) is 4.79 Å². The smallest absolute Gasteiger partial charge is 0.308 e. The molecule has 2 atom stereocenters. The normalized spacial score (nSPS) is 21.4. The lowest BCUT2D eigenvalue weighted by Crippen LogP contribution is -2.38. The van der Waals surface area contributed by atoms with Crippen molar-refractivity contribution in [2.45, 2.75) is 122 Å². The molecule has 0 unspecified atom stereocenters. The van der Waals surface area contributed by atoms with Gasteiger partial charge in [0, 0.05) is 13.5 Å². The van der Waals surface area contributed by atoms with Crippen LogP contribution in [0.2, 0.25) is 0 Å². The fraction of sp³-hybridized carbons (Fsp3) is 0.875. The highest BCUT2D eigenvalue weighted by atomic mass is 17.2. The number of hydrogen-bond acceptors (Lipinski definition) is 5. The molecule has 0 N–H and O–H groups in total. The minimum absolute atomic E-state index is 0.144. The van der Waals surface area contributed by atoms with Crippen molar-refractivity contribution in [2.75, 3.05) is 14.2 Å². The Balaban J connectivity index is 1.99. The van der Waals surface area contributed by atoms with Gasteiger partial charge in [0.1, 0.15) is 6.10 Å². The van der Waals surface area contributed by atoms with Gasteiger partial charge in [0.05, 0.1) is 13.5 Å². The fourth-order valence-corrected chi connectivity index (χ4v) is 3.70. The van der Waals surface area contributed by atoms with E-state index < -0.39 is 11.9 Å². The third-order valence-corrected chi connectivity index (χ3v) is 5.70. The van der Waals surface area contributed by atoms with Crippen LogP contribution in [0.15, 0.2) is 12.2 Å². The Bertz CT molecular complexity index is 437. The van der Waals surface area contributed by atoms with E-state index in [1.165, 1.54) is 90.6 Å². The summed E-state index contributed by atoms with van der Waals surface area (Å²) in [5, 5.41) is 0. The second-order valence-electron chi connectivity index (χ2n) is 8.22. The predicted octanol–water partition coefficient (Wildman–Crippen LogP) is 6.65. The number of unbranched alkanes of at least 4 members (excludes halogenated alkanes) is 13. The molecule has 1 aliphatic rings. The maximum absolute atomic E-state index is 11.3. The van der Waals surface area contributed by atoms with Gasteiger partial charge in [0.25, 0.3) is 0 Å². The summed E-state index contributed by atoms with van der Waals surface area (Å²) in [6, 6.07) is 0. The van der Waals surface area contributed by atoms with E-state index in [2.05, 4.69) is 11.7 Å². The van der Waals surface area contributed by atoms with Crippen molar-refractivity contribution in [1.29, 1.82) is 0 Å². The second kappa shape index (κ2) is 16.8. The molecule has 0 amide bonds. The average molecular weight is 413 g/mol. The molecule has 0 fully saturated rings. The van der Waals surface area contributed by atoms with Crippen LogP contribution in [0.4, 0.5) is 0 Å². The van der Waals surface area contributed by atoms with Gasteiger partial charge in [-0.2, -0.15) is 4.89 Å². The Kier molecular flexibility index (Phi) is 15.2. The molecule has 5 nitrogen and oxygen atoms in total. The Morgan fingerprint density at radius 3 is 1.79 bits per heavy atom. The van der Waals surface area contributed by atoms with Crippen LogP contribution in [-0.4, -0.2) is 32.1 Å². The maximum atomic E-state index is 11.3. The Morgan fingerprint density at radius 1 is 0.862 bits per heavy atom. The summed E-state index contributed by atoms with van der Waals surface area (Å²) >= 11 is 0. The van der Waals surface area contributed by atoms with Crippen molar-refractivity contribution in [3.63, 3.8) is 0 Å². The molecule has 170 valence electrons. The van der Waals surface area contributed by atoms with E-state index in [1.54, 1.807) is 7.11 Å². The van der Waals surface area contributed by atoms with Gasteiger partial charge in [0.2, 0.25) is 5.79 Å². The molecular weight excluding hydrogens is 368 g/mol. The van der Waals surface area contributed by atoms with E-state index in [4.69, 9.17) is 14.5 Å². The number of carbonyl (C=O) groups excluding carboxylic acids is 1. The minimum atomic E-state index is -0.830. The number of hydrogen-bond donors (Lipinski definition) is 0. The lowest BCUT2D eigenvalue weighted by atomic mass is 10.0. The van der Waals surface area contributed by atoms with Crippen LogP contribution in [0.25, 0.3) is 0 Å². The molecule has 0 aromatic carbocycles. The van der Waals surface area contributed by atoms with Crippen LogP contribution < -0.4 is 0 Å². The third-order valence-electron chi connectivity index (χ3n) is 5.70. The summed E-state index contributed by atoms with van der Waals surface area (Å²) in [7, 11) is 2.99. The molecule has 0 bridgehead atoms. The van der Waals surface area contributed by atoms with Crippen molar-refractivity contribution in [2.24, 2.45) is 0 Å². The minimum Gasteiger partial charge on any atom is -0.469 e. The SMILES string of the molecule is CCCCCCCCCCCCCCCC[C@]1(OC)C=C[C@@H](CC(=O)OC)OO1. The molecule has 0 aromatic heterocycles. The molecule has 1 heterocycles. The van der Waals surface area contributed by atoms with Crippen molar-refractivity contribution in [1.82, 2.24) is 0 Å². The number of carbonyl (C=O) groups is 1. The first-order valence-corrected chi connectivity index (χ1v) is 11.8. The number of esters is 1. The van der Waals surface area contributed by atoms with Crippen molar-refractivity contribution in [3.8, 4) is 0 Å². The lowest BCUT2D eigenvalue weighted by Gasteiger charge is -2.32. The first-order valence-electron chi connectivity index (χ1n) is 11.8. The predicted molar refractivity (Wildman–Crippen MR) is 116 cm³/mol. The van der Waals surface area contributed by atoms with Gasteiger partial charge in [-0.05, 0) is 12.5 Å². The van der Waals surface area contributed by atoms with Gasteiger partial charge in [-0.25, -0.2) is 4.89 Å². The summed E-state index contributed by atoms with van der Waals surface area (Å²) in [5.41, 5.74) is 0. The van der Waals surface area contributed by atoms with Gasteiger partial charge in [-0.1, -0.05) is 96.5 Å². The van der Waals surface area contributed by atoms with Gasteiger partial charge in [-0.3, -0.25) is 4.79 Å². The van der Waals surface area contributed by atoms with Gasteiger partial charge < -0.3 is 9.47 Å². The Hall–Kier alpha value is -0.910. The van der Waals surface area contributed by atoms with Crippen molar-refractivity contribution < 1.29 is 24.0 Å². The summed E-state index contributed by atoms with van der Waals surface area (Å²) in [5.74, 6) is -1.15. The highest BCUT2D eigenvalue weighted by Gasteiger charge is 2.34. The molecular formula is C24H44O5. The number of methoxy groups -OCH3 is 2. The molecule has 0 aromatic rings. The van der Waals surface area contributed by atoms with E-state index in [0.29, 0.717) is 0 Å². The maximum Gasteiger partial charge on any atom is 0.308 e. The molecule has 1 rings (SSSR count). The first-order chi connectivity index (χ1) is 14.2. The number of rotatable bonds is 18. The van der Waals surface area contributed by atoms with E-state index in [1.807, 2.05) is 12.2 Å². The second-order valence-corrected chi connectivity index (χ2v) is 8.22. The molecule has 1 aliphatic heterocycles. The van der Waals surface area contributed by atoms with Gasteiger partial charge in [-0.15, -0.1) is 0 Å². The van der Waals surface area contributed by atoms with Crippen LogP contribution in [0.5, 0.6) is 0 Å². The van der Waals surface area contributed by atoms with Gasteiger partial charge >= 0.3 is 5.97 Å². The molecule has 0 radical (unpaired) electrons. The highest BCUT2D eigenvalue weighted by Crippen LogP contribution is 2.28. The summed E-state index contributed by atoms with van der Waals surface area (Å²) in [6.07, 6.45) is 22.9. The van der Waals surface area contributed by atoms with E-state index in [-0.39, 0.29) is 12.4 Å². The zero-order valence-electron chi connectivity index (χ0n) is 19.1. The topological polar surface area (TPSA) is 54.0 Å². The van der Waals surface area contributed by atoms with Crippen LogP contribution in [0.1, 0.15) is 110 Å².